The molecular formula is C26H21N3O5S2. The standard InChI is InChI=1S/C26H21N3O5S2/c30-24(15-16-28-35(31,32)25-13-5-9-19-7-1-3-11-21(19)25)23-17-29(18-27-23)36(33,34)26-14-6-10-20-8-2-4-12-22(20)26/h1-14,17-18,28H,15-16H2. The van der Waals surface area contributed by atoms with Crippen LogP contribution in [0.1, 0.15) is 16.9 Å². The van der Waals surface area contributed by atoms with Crippen LogP contribution in [-0.2, 0) is 20.0 Å². The lowest BCUT2D eigenvalue weighted by molar-refractivity contribution is 0.0980. The number of rotatable bonds is 8. The first-order valence-electron chi connectivity index (χ1n) is 11.1. The smallest absolute Gasteiger partial charge is 0.269 e. The summed E-state index contributed by atoms with van der Waals surface area (Å²) in [5, 5.41) is 2.70. The predicted molar refractivity (Wildman–Crippen MR) is 137 cm³/mol. The maximum absolute atomic E-state index is 13.2. The normalized spacial score (nSPS) is 12.2. The molecule has 1 heterocycles. The van der Waals surface area contributed by atoms with Crippen molar-refractivity contribution < 1.29 is 21.6 Å². The Kier molecular flexibility index (Phi) is 6.17. The van der Waals surface area contributed by atoms with Crippen LogP contribution in [0.4, 0.5) is 0 Å². The number of sulfonamides is 1. The molecule has 0 aliphatic rings. The number of hydrogen-bond acceptors (Lipinski definition) is 6. The number of nitrogens with one attached hydrogen (secondary N) is 1. The van der Waals surface area contributed by atoms with E-state index >= 15 is 0 Å². The van der Waals surface area contributed by atoms with Crippen molar-refractivity contribution in [3.63, 3.8) is 0 Å². The minimum Gasteiger partial charge on any atom is -0.292 e. The molecule has 0 aliphatic heterocycles. The van der Waals surface area contributed by atoms with Crippen LogP contribution in [0.2, 0.25) is 0 Å². The molecule has 0 bridgehead atoms. The summed E-state index contributed by atoms with van der Waals surface area (Å²) in [4.78, 5) is 16.8. The summed E-state index contributed by atoms with van der Waals surface area (Å²) < 4.78 is 55.5. The van der Waals surface area contributed by atoms with Gasteiger partial charge in [0.25, 0.3) is 10.0 Å². The van der Waals surface area contributed by atoms with Crippen molar-refractivity contribution in [2.45, 2.75) is 16.2 Å². The van der Waals surface area contributed by atoms with E-state index in [1.165, 1.54) is 12.1 Å². The second kappa shape index (κ2) is 9.30. The lowest BCUT2D eigenvalue weighted by Crippen LogP contribution is -2.26. The molecule has 8 nitrogen and oxygen atoms in total. The topological polar surface area (TPSA) is 115 Å². The molecule has 0 atom stereocenters. The zero-order valence-electron chi connectivity index (χ0n) is 18.9. The third-order valence-corrected chi connectivity index (χ3v) is 9.02. The highest BCUT2D eigenvalue weighted by Crippen LogP contribution is 2.25. The van der Waals surface area contributed by atoms with Crippen molar-refractivity contribution in [3.8, 4) is 0 Å². The highest BCUT2D eigenvalue weighted by molar-refractivity contribution is 7.90. The molecule has 182 valence electrons. The summed E-state index contributed by atoms with van der Waals surface area (Å²) >= 11 is 0. The molecule has 0 saturated carbocycles. The van der Waals surface area contributed by atoms with E-state index in [0.29, 0.717) is 10.8 Å². The van der Waals surface area contributed by atoms with Crippen LogP contribution >= 0.6 is 0 Å². The average Bonchev–Trinajstić information content (AvgIpc) is 3.39. The summed E-state index contributed by atoms with van der Waals surface area (Å²) in [7, 11) is -7.85. The van der Waals surface area contributed by atoms with Gasteiger partial charge in [0.2, 0.25) is 10.0 Å². The molecule has 5 rings (SSSR count). The van der Waals surface area contributed by atoms with Crippen LogP contribution in [0.25, 0.3) is 21.5 Å². The Bertz CT molecular complexity index is 1820. The number of carbonyl (C=O) groups excluding carboxylic acids is 1. The Labute approximate surface area is 208 Å². The van der Waals surface area contributed by atoms with Crippen molar-refractivity contribution in [1.29, 1.82) is 0 Å². The van der Waals surface area contributed by atoms with Crippen molar-refractivity contribution in [3.05, 3.63) is 103 Å². The van der Waals surface area contributed by atoms with E-state index in [9.17, 15) is 21.6 Å². The molecule has 0 unspecified atom stereocenters. The Morgan fingerprint density at radius 3 is 1.97 bits per heavy atom. The molecule has 0 amide bonds. The highest BCUT2D eigenvalue weighted by Gasteiger charge is 2.22. The summed E-state index contributed by atoms with van der Waals surface area (Å²) in [6.07, 6.45) is 2.04. The molecule has 1 aromatic heterocycles. The van der Waals surface area contributed by atoms with E-state index in [2.05, 4.69) is 9.71 Å². The van der Waals surface area contributed by atoms with Crippen LogP contribution in [0.5, 0.6) is 0 Å². The van der Waals surface area contributed by atoms with Gasteiger partial charge in [-0.25, -0.2) is 30.5 Å². The quantitative estimate of drug-likeness (QED) is 0.310. The van der Waals surface area contributed by atoms with Crippen molar-refractivity contribution in [1.82, 2.24) is 13.7 Å². The van der Waals surface area contributed by atoms with Gasteiger partial charge >= 0.3 is 0 Å². The number of hydrogen-bond donors (Lipinski definition) is 1. The number of imidazole rings is 1. The fourth-order valence-corrected chi connectivity index (χ4v) is 6.66. The molecule has 1 N–H and O–H groups in total. The van der Waals surface area contributed by atoms with E-state index in [1.54, 1.807) is 36.4 Å². The van der Waals surface area contributed by atoms with Gasteiger partial charge in [0.1, 0.15) is 12.0 Å². The van der Waals surface area contributed by atoms with Crippen LogP contribution in [-0.4, -0.2) is 38.1 Å². The summed E-state index contributed by atoms with van der Waals surface area (Å²) in [6.45, 7) is -0.159. The number of Topliss-reactive ketones (excluding diaryl/α,β-unsaturated/α-hetero) is 1. The van der Waals surface area contributed by atoms with E-state index in [0.717, 1.165) is 27.3 Å². The molecule has 5 aromatic rings. The molecule has 10 heteroatoms. The molecule has 0 aliphatic carbocycles. The van der Waals surface area contributed by atoms with Crippen LogP contribution in [0.3, 0.4) is 0 Å². The van der Waals surface area contributed by atoms with Crippen LogP contribution in [0, 0.1) is 0 Å². The van der Waals surface area contributed by atoms with Gasteiger partial charge in [0.15, 0.2) is 5.78 Å². The maximum Gasteiger partial charge on any atom is 0.269 e. The van der Waals surface area contributed by atoms with Gasteiger partial charge in [-0.15, -0.1) is 0 Å². The molecule has 0 radical (unpaired) electrons. The minimum absolute atomic E-state index is 0.0665. The van der Waals surface area contributed by atoms with Gasteiger partial charge in [-0.3, -0.25) is 4.79 Å². The third kappa shape index (κ3) is 4.41. The van der Waals surface area contributed by atoms with Crippen molar-refractivity contribution >= 4 is 47.4 Å². The van der Waals surface area contributed by atoms with E-state index in [4.69, 9.17) is 0 Å². The summed E-state index contributed by atoms with van der Waals surface area (Å²) in [5.74, 6) is -0.484. The maximum atomic E-state index is 13.2. The monoisotopic (exact) mass is 519 g/mol. The first-order valence-corrected chi connectivity index (χ1v) is 14.0. The second-order valence-corrected chi connectivity index (χ2v) is 11.7. The predicted octanol–water partition coefficient (Wildman–Crippen LogP) is 3.98. The van der Waals surface area contributed by atoms with Gasteiger partial charge in [0, 0.05) is 23.7 Å². The summed E-state index contributed by atoms with van der Waals surface area (Å²) in [5.41, 5.74) is -0.0665. The number of ketones is 1. The lowest BCUT2D eigenvalue weighted by atomic mass is 10.1. The molecular weight excluding hydrogens is 498 g/mol. The first-order chi connectivity index (χ1) is 17.3. The van der Waals surface area contributed by atoms with E-state index in [1.807, 2.05) is 36.4 Å². The fraction of sp³-hybridized carbons (Fsp3) is 0.0769. The van der Waals surface area contributed by atoms with Crippen LogP contribution in [0.15, 0.2) is 107 Å². The molecule has 0 saturated heterocycles. The highest BCUT2D eigenvalue weighted by atomic mass is 32.2. The Morgan fingerprint density at radius 2 is 1.31 bits per heavy atom. The Morgan fingerprint density at radius 1 is 0.750 bits per heavy atom. The van der Waals surface area contributed by atoms with Crippen molar-refractivity contribution in [2.75, 3.05) is 6.54 Å². The number of aromatic nitrogens is 2. The molecule has 0 spiro atoms. The summed E-state index contributed by atoms with van der Waals surface area (Å²) in [6, 6.07) is 24.2. The Hall–Kier alpha value is -3.86. The van der Waals surface area contributed by atoms with Gasteiger partial charge in [-0.2, -0.15) is 0 Å². The van der Waals surface area contributed by atoms with E-state index in [-0.39, 0.29) is 28.5 Å². The minimum atomic E-state index is -3.99. The largest absolute Gasteiger partial charge is 0.292 e. The Balaban J connectivity index is 1.31. The zero-order valence-corrected chi connectivity index (χ0v) is 20.5. The number of carbonyl (C=O) groups is 1. The number of fused-ring (bicyclic) bond motifs is 2. The molecule has 4 aromatic carbocycles. The SMILES string of the molecule is O=C(CCNS(=O)(=O)c1cccc2ccccc12)c1cn(S(=O)(=O)c2cccc3ccccc23)cn1. The second-order valence-electron chi connectivity index (χ2n) is 8.12. The molecule has 36 heavy (non-hydrogen) atoms. The first kappa shape index (κ1) is 23.9. The zero-order chi connectivity index (χ0) is 25.3. The van der Waals surface area contributed by atoms with Gasteiger partial charge < -0.3 is 0 Å². The van der Waals surface area contributed by atoms with Crippen LogP contribution < -0.4 is 4.72 Å². The van der Waals surface area contributed by atoms with Gasteiger partial charge in [0.05, 0.1) is 16.0 Å². The number of nitrogens with zero attached hydrogens (tertiary/aromatic N) is 2. The lowest BCUT2D eigenvalue weighted by Gasteiger charge is -2.09. The van der Waals surface area contributed by atoms with Crippen molar-refractivity contribution in [2.24, 2.45) is 0 Å². The number of benzene rings is 4. The van der Waals surface area contributed by atoms with Gasteiger partial charge in [-0.05, 0) is 22.9 Å². The third-order valence-electron chi connectivity index (χ3n) is 5.83. The van der Waals surface area contributed by atoms with Gasteiger partial charge in [-0.1, -0.05) is 72.8 Å². The van der Waals surface area contributed by atoms with E-state index < -0.39 is 25.8 Å². The fourth-order valence-electron chi connectivity index (χ4n) is 4.05. The average molecular weight is 520 g/mol. The molecule has 0 fully saturated rings.